The van der Waals surface area contributed by atoms with Gasteiger partial charge in [0.2, 0.25) is 10.0 Å². The van der Waals surface area contributed by atoms with Gasteiger partial charge in [0, 0.05) is 18.0 Å². The summed E-state index contributed by atoms with van der Waals surface area (Å²) in [5.74, 6) is 0. The van der Waals surface area contributed by atoms with Crippen LogP contribution in [-0.2, 0) is 10.0 Å². The predicted octanol–water partition coefficient (Wildman–Crippen LogP) is 1.29. The maximum Gasteiger partial charge on any atom is 0.240 e. The Bertz CT molecular complexity index is 471. The zero-order chi connectivity index (χ0) is 12.2. The van der Waals surface area contributed by atoms with Gasteiger partial charge in [-0.2, -0.15) is 0 Å². The molecule has 3 N–H and O–H groups in total. The first kappa shape index (κ1) is 13.4. The molecule has 4 nitrogen and oxygen atoms in total. The van der Waals surface area contributed by atoms with Gasteiger partial charge in [0.15, 0.2) is 0 Å². The second-order valence-electron chi connectivity index (χ2n) is 3.07. The Morgan fingerprint density at radius 2 is 1.94 bits per heavy atom. The summed E-state index contributed by atoms with van der Waals surface area (Å²) in [4.78, 5) is 0.443. The molecule has 0 aliphatic heterocycles. The SMILES string of the molecule is NC(=S)CCNS(=O)(=O)c1ccc(Cl)cc1. The normalized spacial score (nSPS) is 11.3. The Labute approximate surface area is 105 Å². The molecule has 0 aliphatic rings. The quantitative estimate of drug-likeness (QED) is 0.796. The van der Waals surface area contributed by atoms with Crippen LogP contribution in [0, 0.1) is 0 Å². The first-order valence-electron chi connectivity index (χ1n) is 4.45. The van der Waals surface area contributed by atoms with Crippen LogP contribution >= 0.6 is 23.8 Å². The maximum absolute atomic E-state index is 11.7. The zero-order valence-electron chi connectivity index (χ0n) is 8.31. The number of nitrogens with two attached hydrogens (primary N) is 1. The van der Waals surface area contributed by atoms with Crippen molar-refractivity contribution in [2.24, 2.45) is 5.73 Å². The molecule has 1 aromatic rings. The standard InChI is InChI=1S/C9H11ClN2O2S2/c10-7-1-3-8(4-2-7)16(13,14)12-6-5-9(11)15/h1-4,12H,5-6H2,(H2,11,15). The number of benzene rings is 1. The van der Waals surface area contributed by atoms with E-state index in [1.807, 2.05) is 0 Å². The van der Waals surface area contributed by atoms with Crippen molar-refractivity contribution in [1.82, 2.24) is 4.72 Å². The third-order valence-electron chi connectivity index (χ3n) is 1.79. The highest BCUT2D eigenvalue weighted by atomic mass is 35.5. The van der Waals surface area contributed by atoms with Crippen LogP contribution in [0.3, 0.4) is 0 Å². The second-order valence-corrected chi connectivity index (χ2v) is 5.80. The molecule has 0 spiro atoms. The van der Waals surface area contributed by atoms with Gasteiger partial charge in [0.05, 0.1) is 9.88 Å². The average Bonchev–Trinajstić information content (AvgIpc) is 2.17. The average molecular weight is 279 g/mol. The monoisotopic (exact) mass is 278 g/mol. The third-order valence-corrected chi connectivity index (χ3v) is 3.72. The van der Waals surface area contributed by atoms with Crippen LogP contribution in [-0.4, -0.2) is 20.0 Å². The molecule has 0 amide bonds. The van der Waals surface area contributed by atoms with E-state index < -0.39 is 10.0 Å². The minimum absolute atomic E-state index is 0.167. The Morgan fingerprint density at radius 3 is 2.44 bits per heavy atom. The second kappa shape index (κ2) is 5.58. The van der Waals surface area contributed by atoms with Gasteiger partial charge in [-0.15, -0.1) is 0 Å². The molecule has 0 heterocycles. The molecular weight excluding hydrogens is 268 g/mol. The van der Waals surface area contributed by atoms with E-state index in [0.29, 0.717) is 11.4 Å². The topological polar surface area (TPSA) is 72.2 Å². The first-order valence-corrected chi connectivity index (χ1v) is 6.72. The van der Waals surface area contributed by atoms with Gasteiger partial charge in [-0.25, -0.2) is 13.1 Å². The van der Waals surface area contributed by atoms with Gasteiger partial charge < -0.3 is 5.73 Å². The third kappa shape index (κ3) is 4.05. The number of halogens is 1. The molecule has 1 aromatic carbocycles. The van der Waals surface area contributed by atoms with E-state index in [0.717, 1.165) is 0 Å². The van der Waals surface area contributed by atoms with E-state index in [1.54, 1.807) is 0 Å². The molecule has 7 heteroatoms. The van der Waals surface area contributed by atoms with Crippen LogP contribution in [0.25, 0.3) is 0 Å². The highest BCUT2D eigenvalue weighted by Gasteiger charge is 2.12. The van der Waals surface area contributed by atoms with Gasteiger partial charge in [-0.3, -0.25) is 0 Å². The van der Waals surface area contributed by atoms with E-state index in [4.69, 9.17) is 17.3 Å². The van der Waals surface area contributed by atoms with Crippen LogP contribution in [0.5, 0.6) is 0 Å². The van der Waals surface area contributed by atoms with Gasteiger partial charge >= 0.3 is 0 Å². The molecule has 0 saturated heterocycles. The predicted molar refractivity (Wildman–Crippen MR) is 68.0 cm³/mol. The molecule has 0 atom stereocenters. The van der Waals surface area contributed by atoms with E-state index in [9.17, 15) is 8.42 Å². The molecule has 0 radical (unpaired) electrons. The van der Waals surface area contributed by atoms with Gasteiger partial charge in [-0.05, 0) is 24.3 Å². The summed E-state index contributed by atoms with van der Waals surface area (Å²) >= 11 is 10.3. The fraction of sp³-hybridized carbons (Fsp3) is 0.222. The smallest absolute Gasteiger partial charge is 0.240 e. The Hall–Kier alpha value is -0.690. The van der Waals surface area contributed by atoms with Crippen LogP contribution in [0.2, 0.25) is 5.02 Å². The van der Waals surface area contributed by atoms with Crippen LogP contribution < -0.4 is 10.5 Å². The van der Waals surface area contributed by atoms with Crippen molar-refractivity contribution in [3.63, 3.8) is 0 Å². The highest BCUT2D eigenvalue weighted by molar-refractivity contribution is 7.89. The molecule has 0 fully saturated rings. The summed E-state index contributed by atoms with van der Waals surface area (Å²) in [5.41, 5.74) is 5.26. The fourth-order valence-corrected chi connectivity index (χ4v) is 2.27. The first-order chi connectivity index (χ1) is 7.42. The molecule has 0 saturated carbocycles. The van der Waals surface area contributed by atoms with E-state index >= 15 is 0 Å². The minimum Gasteiger partial charge on any atom is -0.393 e. The van der Waals surface area contributed by atoms with Crippen molar-refractivity contribution >= 4 is 38.8 Å². The lowest BCUT2D eigenvalue weighted by molar-refractivity contribution is 0.583. The number of thiocarbonyl (C=S) groups is 1. The number of rotatable bonds is 5. The van der Waals surface area contributed by atoms with Crippen molar-refractivity contribution in [1.29, 1.82) is 0 Å². The molecule has 0 bridgehead atoms. The van der Waals surface area contributed by atoms with Gasteiger partial charge in [0.1, 0.15) is 0 Å². The molecular formula is C9H11ClN2O2S2. The summed E-state index contributed by atoms with van der Waals surface area (Å²) < 4.78 is 25.8. The molecule has 0 aromatic heterocycles. The lowest BCUT2D eigenvalue weighted by Gasteiger charge is -2.05. The minimum atomic E-state index is -3.50. The largest absolute Gasteiger partial charge is 0.393 e. The van der Waals surface area contributed by atoms with E-state index in [2.05, 4.69) is 16.9 Å². The molecule has 88 valence electrons. The number of nitrogens with one attached hydrogen (secondary N) is 1. The van der Waals surface area contributed by atoms with Crippen molar-refractivity contribution in [3.8, 4) is 0 Å². The van der Waals surface area contributed by atoms with Crippen molar-refractivity contribution < 1.29 is 8.42 Å². The Kier molecular flexibility index (Phi) is 4.67. The summed E-state index contributed by atoms with van der Waals surface area (Å²) in [6.45, 7) is 0.195. The van der Waals surface area contributed by atoms with Crippen molar-refractivity contribution in [3.05, 3.63) is 29.3 Å². The zero-order valence-corrected chi connectivity index (χ0v) is 10.7. The van der Waals surface area contributed by atoms with Gasteiger partial charge in [-0.1, -0.05) is 23.8 Å². The highest BCUT2D eigenvalue weighted by Crippen LogP contribution is 2.13. The Balaban J connectivity index is 2.71. The van der Waals surface area contributed by atoms with Crippen molar-refractivity contribution in [2.45, 2.75) is 11.3 Å². The molecule has 0 aliphatic carbocycles. The fourth-order valence-electron chi connectivity index (χ4n) is 1.01. The molecule has 1 rings (SSSR count). The number of hydrogen-bond donors (Lipinski definition) is 2. The number of sulfonamides is 1. The lowest BCUT2D eigenvalue weighted by atomic mass is 10.4. The molecule has 16 heavy (non-hydrogen) atoms. The lowest BCUT2D eigenvalue weighted by Crippen LogP contribution is -2.27. The van der Waals surface area contributed by atoms with E-state index in [1.165, 1.54) is 24.3 Å². The van der Waals surface area contributed by atoms with Crippen LogP contribution in [0.15, 0.2) is 29.2 Å². The number of hydrogen-bond acceptors (Lipinski definition) is 3. The summed E-state index contributed by atoms with van der Waals surface area (Å²) in [6, 6.07) is 5.91. The molecule has 0 unspecified atom stereocenters. The van der Waals surface area contributed by atoms with Crippen molar-refractivity contribution in [2.75, 3.05) is 6.54 Å². The Morgan fingerprint density at radius 1 is 1.38 bits per heavy atom. The summed E-state index contributed by atoms with van der Waals surface area (Å²) in [7, 11) is -3.50. The van der Waals surface area contributed by atoms with E-state index in [-0.39, 0.29) is 16.4 Å². The summed E-state index contributed by atoms with van der Waals surface area (Å²) in [5, 5.41) is 0.488. The summed E-state index contributed by atoms with van der Waals surface area (Å²) in [6.07, 6.45) is 0.335. The maximum atomic E-state index is 11.7. The van der Waals surface area contributed by atoms with Gasteiger partial charge in [0.25, 0.3) is 0 Å². The van der Waals surface area contributed by atoms with Crippen LogP contribution in [0.1, 0.15) is 6.42 Å². The van der Waals surface area contributed by atoms with Crippen LogP contribution in [0.4, 0.5) is 0 Å².